The van der Waals surface area contributed by atoms with E-state index in [1.807, 2.05) is 0 Å². The van der Waals surface area contributed by atoms with Gasteiger partial charge in [0.25, 0.3) is 0 Å². The molecule has 8 saturated carbocycles. The predicted octanol–water partition coefficient (Wildman–Crippen LogP) is 13.3. The summed E-state index contributed by atoms with van der Waals surface area (Å²) < 4.78 is 0. The SMILES string of the molecule is C1CCC(C2CCCC(N3C4CCCCC4C4CCCC(C5CCC6C7CCCCC7N(C7CC(C8CCCCC8)CC(C8CCCCC8)N7)C6C5)C43)C2)CC1. The maximum Gasteiger partial charge on any atom is 0.0607 e. The molecule has 8 aliphatic carbocycles. The smallest absolute Gasteiger partial charge is 0.0607 e. The highest BCUT2D eigenvalue weighted by molar-refractivity contribution is 5.12. The first-order valence-electron chi connectivity index (χ1n) is 27.1. The van der Waals surface area contributed by atoms with Gasteiger partial charge in [-0.15, -0.1) is 0 Å². The second-order valence-corrected chi connectivity index (χ2v) is 23.8. The Bertz CT molecular complexity index is 1240. The van der Waals surface area contributed by atoms with E-state index in [0.29, 0.717) is 6.17 Å². The molecule has 0 aromatic carbocycles. The van der Waals surface area contributed by atoms with Gasteiger partial charge in [-0.2, -0.15) is 0 Å². The van der Waals surface area contributed by atoms with Crippen LogP contribution in [-0.2, 0) is 0 Å². The Labute approximate surface area is 346 Å². The minimum Gasteiger partial charge on any atom is -0.299 e. The molecule has 3 heterocycles. The van der Waals surface area contributed by atoms with E-state index >= 15 is 0 Å². The zero-order valence-corrected chi connectivity index (χ0v) is 36.5. The average molecular weight is 768 g/mol. The van der Waals surface area contributed by atoms with Crippen LogP contribution >= 0.6 is 0 Å². The fourth-order valence-corrected chi connectivity index (χ4v) is 19.2. The number of nitrogens with zero attached hydrogens (tertiary/aromatic N) is 2. The van der Waals surface area contributed by atoms with Crippen molar-refractivity contribution >= 4 is 0 Å². The summed E-state index contributed by atoms with van der Waals surface area (Å²) in [7, 11) is 0. The maximum absolute atomic E-state index is 4.66. The zero-order chi connectivity index (χ0) is 37.0. The van der Waals surface area contributed by atoms with E-state index in [9.17, 15) is 0 Å². The van der Waals surface area contributed by atoms with Crippen LogP contribution in [0.1, 0.15) is 225 Å². The topological polar surface area (TPSA) is 18.5 Å². The van der Waals surface area contributed by atoms with Gasteiger partial charge in [0.15, 0.2) is 0 Å². The first kappa shape index (κ1) is 38.8. The Balaban J connectivity index is 0.873. The third-order valence-corrected chi connectivity index (χ3v) is 21.4. The van der Waals surface area contributed by atoms with Crippen LogP contribution in [0.3, 0.4) is 0 Å². The molecular weight excluding hydrogens is 679 g/mol. The monoisotopic (exact) mass is 768 g/mol. The third-order valence-electron chi connectivity index (χ3n) is 21.4. The molecule has 0 radical (unpaired) electrons. The van der Waals surface area contributed by atoms with Crippen molar-refractivity contribution in [3.8, 4) is 0 Å². The summed E-state index contributed by atoms with van der Waals surface area (Å²) in [5, 5.41) is 4.66. The molecule has 3 nitrogen and oxygen atoms in total. The fraction of sp³-hybridized carbons (Fsp3) is 1.00. The lowest BCUT2D eigenvalue weighted by molar-refractivity contribution is -0.0304. The average Bonchev–Trinajstić information content (AvgIpc) is 3.80. The van der Waals surface area contributed by atoms with E-state index in [4.69, 9.17) is 0 Å². The summed E-state index contributed by atoms with van der Waals surface area (Å²) in [6.45, 7) is 0. The van der Waals surface area contributed by atoms with Crippen molar-refractivity contribution in [2.45, 2.75) is 267 Å². The number of hydrogen-bond acceptors (Lipinski definition) is 3. The van der Waals surface area contributed by atoms with Gasteiger partial charge in [0.1, 0.15) is 0 Å². The van der Waals surface area contributed by atoms with E-state index in [2.05, 4.69) is 15.1 Å². The van der Waals surface area contributed by atoms with Crippen LogP contribution in [0.4, 0.5) is 0 Å². The summed E-state index contributed by atoms with van der Waals surface area (Å²) in [5.74, 6) is 11.3. The van der Waals surface area contributed by atoms with E-state index in [1.165, 1.54) is 109 Å². The second-order valence-electron chi connectivity index (χ2n) is 23.8. The quantitative estimate of drug-likeness (QED) is 0.290. The van der Waals surface area contributed by atoms with E-state index in [-0.39, 0.29) is 0 Å². The molecule has 56 heavy (non-hydrogen) atoms. The highest BCUT2D eigenvalue weighted by Crippen LogP contribution is 2.59. The highest BCUT2D eigenvalue weighted by Gasteiger charge is 2.59. The van der Waals surface area contributed by atoms with Gasteiger partial charge in [-0.3, -0.25) is 15.1 Å². The van der Waals surface area contributed by atoms with Crippen LogP contribution in [0.15, 0.2) is 0 Å². The number of likely N-dealkylation sites (tertiary alicyclic amines) is 2. The van der Waals surface area contributed by atoms with Crippen LogP contribution in [-0.4, -0.2) is 52.2 Å². The largest absolute Gasteiger partial charge is 0.299 e. The van der Waals surface area contributed by atoms with Gasteiger partial charge in [-0.1, -0.05) is 128 Å². The molecule has 3 aliphatic heterocycles. The van der Waals surface area contributed by atoms with Gasteiger partial charge in [0.2, 0.25) is 0 Å². The molecule has 15 atom stereocenters. The fourth-order valence-electron chi connectivity index (χ4n) is 19.2. The molecule has 0 bridgehead atoms. The lowest BCUT2D eigenvalue weighted by Crippen LogP contribution is -2.61. The normalized spacial score (nSPS) is 49.2. The van der Waals surface area contributed by atoms with E-state index in [0.717, 1.165) is 101 Å². The van der Waals surface area contributed by atoms with Crippen molar-refractivity contribution in [3.63, 3.8) is 0 Å². The van der Waals surface area contributed by atoms with Crippen LogP contribution in [0, 0.1) is 65.1 Å². The summed E-state index contributed by atoms with van der Waals surface area (Å²) in [6, 6.07) is 5.43. The first-order chi connectivity index (χ1) is 27.8. The van der Waals surface area contributed by atoms with Crippen molar-refractivity contribution in [2.75, 3.05) is 0 Å². The van der Waals surface area contributed by atoms with Gasteiger partial charge in [0.05, 0.1) is 6.17 Å². The lowest BCUT2D eigenvalue weighted by Gasteiger charge is -2.52. The van der Waals surface area contributed by atoms with Crippen molar-refractivity contribution < 1.29 is 0 Å². The Kier molecular flexibility index (Phi) is 12.0. The number of hydrogen-bond donors (Lipinski definition) is 1. The van der Waals surface area contributed by atoms with Crippen LogP contribution in [0.2, 0.25) is 0 Å². The number of rotatable bonds is 6. The summed E-state index contributed by atoms with van der Waals surface area (Å²) >= 11 is 0. The first-order valence-corrected chi connectivity index (χ1v) is 27.1. The molecule has 0 spiro atoms. The molecular formula is C53H89N3. The van der Waals surface area contributed by atoms with Crippen molar-refractivity contribution in [3.05, 3.63) is 0 Å². The van der Waals surface area contributed by atoms with Crippen LogP contribution < -0.4 is 5.32 Å². The lowest BCUT2D eigenvalue weighted by atomic mass is 9.62. The van der Waals surface area contributed by atoms with Crippen molar-refractivity contribution in [1.29, 1.82) is 0 Å². The Hall–Kier alpha value is -0.120. The van der Waals surface area contributed by atoms with Gasteiger partial charge in [0, 0.05) is 36.3 Å². The van der Waals surface area contributed by atoms with Gasteiger partial charge in [-0.25, -0.2) is 0 Å². The number of nitrogens with one attached hydrogen (secondary N) is 1. The molecule has 316 valence electrons. The van der Waals surface area contributed by atoms with Gasteiger partial charge in [-0.05, 0) is 161 Å². The summed E-state index contributed by atoms with van der Waals surface area (Å²) in [6.07, 6.45) is 54.8. The highest BCUT2D eigenvalue weighted by atomic mass is 15.3. The van der Waals surface area contributed by atoms with E-state index < -0.39 is 0 Å². The predicted molar refractivity (Wildman–Crippen MR) is 233 cm³/mol. The molecule has 11 aliphatic rings. The zero-order valence-electron chi connectivity index (χ0n) is 36.5. The molecule has 1 N–H and O–H groups in total. The number of fused-ring (bicyclic) bond motifs is 6. The molecule has 3 saturated heterocycles. The van der Waals surface area contributed by atoms with Crippen molar-refractivity contribution in [2.24, 2.45) is 65.1 Å². The minimum atomic E-state index is 0.686. The standard InChI is InChI=1S/C53H89N3/c1-4-16-36(17-5-1)39-22-14-23-42(32-39)55-49-28-12-11-25-45(49)47-27-15-26-43(53(47)55)40-30-31-46-44-24-10-13-29-50(44)56(51(46)34-40)52-35-41(37-18-6-2-7-19-37)33-48(54-52)38-20-8-3-9-21-38/h36-54H,1-35H2. The molecule has 0 aromatic rings. The molecule has 11 fully saturated rings. The van der Waals surface area contributed by atoms with Gasteiger partial charge < -0.3 is 0 Å². The minimum absolute atomic E-state index is 0.686. The summed E-state index contributed by atoms with van der Waals surface area (Å²) in [4.78, 5) is 6.87. The molecule has 3 heteroatoms. The van der Waals surface area contributed by atoms with Crippen molar-refractivity contribution in [1.82, 2.24) is 15.1 Å². The molecule has 0 amide bonds. The maximum atomic E-state index is 4.66. The van der Waals surface area contributed by atoms with Gasteiger partial charge >= 0.3 is 0 Å². The summed E-state index contributed by atoms with van der Waals surface area (Å²) in [5.41, 5.74) is 0. The molecule has 15 unspecified atom stereocenters. The molecule has 11 rings (SSSR count). The third kappa shape index (κ3) is 7.38. The number of piperidine rings is 1. The van der Waals surface area contributed by atoms with Crippen LogP contribution in [0.5, 0.6) is 0 Å². The Morgan fingerprint density at radius 2 is 0.821 bits per heavy atom. The van der Waals surface area contributed by atoms with E-state index in [1.54, 1.807) is 116 Å². The van der Waals surface area contributed by atoms with Crippen LogP contribution in [0.25, 0.3) is 0 Å². The Morgan fingerprint density at radius 3 is 1.55 bits per heavy atom. The Morgan fingerprint density at radius 1 is 0.286 bits per heavy atom. The molecule has 0 aromatic heterocycles. The second kappa shape index (κ2) is 17.3.